The van der Waals surface area contributed by atoms with Gasteiger partial charge in [0.1, 0.15) is 11.4 Å². The Bertz CT molecular complexity index is 563. The standard InChI is InChI=1S/C12H12N2O2S/c1-7-5-9(3-4-11(7)15)14-12(16)10-6-17-8(2)13-10/h3-6,15H,1-2H3,(H,14,16). The Morgan fingerprint density at radius 3 is 2.76 bits per heavy atom. The van der Waals surface area contributed by atoms with Crippen LogP contribution in [0.3, 0.4) is 0 Å². The van der Waals surface area contributed by atoms with Crippen LogP contribution in [0.4, 0.5) is 5.69 Å². The fourth-order valence-corrected chi connectivity index (χ4v) is 1.99. The maximum atomic E-state index is 11.8. The van der Waals surface area contributed by atoms with Crippen LogP contribution in [0.1, 0.15) is 21.1 Å². The molecule has 0 aliphatic carbocycles. The monoisotopic (exact) mass is 248 g/mol. The van der Waals surface area contributed by atoms with Crippen molar-refractivity contribution in [1.82, 2.24) is 4.98 Å². The van der Waals surface area contributed by atoms with Gasteiger partial charge >= 0.3 is 0 Å². The number of aromatic nitrogens is 1. The quantitative estimate of drug-likeness (QED) is 0.803. The van der Waals surface area contributed by atoms with Gasteiger partial charge in [-0.2, -0.15) is 0 Å². The van der Waals surface area contributed by atoms with Gasteiger partial charge in [-0.15, -0.1) is 11.3 Å². The van der Waals surface area contributed by atoms with Gasteiger partial charge in [0, 0.05) is 11.1 Å². The van der Waals surface area contributed by atoms with Crippen molar-refractivity contribution in [2.45, 2.75) is 13.8 Å². The molecule has 1 aromatic carbocycles. The van der Waals surface area contributed by atoms with Crippen LogP contribution < -0.4 is 5.32 Å². The average molecular weight is 248 g/mol. The second-order valence-electron chi connectivity index (χ2n) is 3.71. The molecule has 2 aromatic rings. The number of carbonyl (C=O) groups excluding carboxylic acids is 1. The third-order valence-electron chi connectivity index (χ3n) is 2.31. The highest BCUT2D eigenvalue weighted by molar-refractivity contribution is 7.09. The molecule has 0 spiro atoms. The predicted molar refractivity (Wildman–Crippen MR) is 67.6 cm³/mol. The number of anilines is 1. The molecular formula is C12H12N2O2S. The highest BCUT2D eigenvalue weighted by Crippen LogP contribution is 2.20. The number of nitrogens with one attached hydrogen (secondary N) is 1. The normalized spacial score (nSPS) is 10.2. The van der Waals surface area contributed by atoms with Crippen molar-refractivity contribution >= 4 is 22.9 Å². The molecule has 0 radical (unpaired) electrons. The first-order chi connectivity index (χ1) is 8.06. The molecule has 0 saturated carbocycles. The van der Waals surface area contributed by atoms with Crippen LogP contribution in [0.25, 0.3) is 0 Å². The van der Waals surface area contributed by atoms with Gasteiger partial charge in [-0.1, -0.05) is 0 Å². The number of phenols is 1. The number of hydrogen-bond acceptors (Lipinski definition) is 4. The third kappa shape index (κ3) is 2.62. The first-order valence-electron chi connectivity index (χ1n) is 5.09. The second kappa shape index (κ2) is 4.55. The van der Waals surface area contributed by atoms with E-state index in [-0.39, 0.29) is 11.7 Å². The zero-order chi connectivity index (χ0) is 12.4. The summed E-state index contributed by atoms with van der Waals surface area (Å²) >= 11 is 1.44. The Hall–Kier alpha value is -1.88. The molecule has 0 bridgehead atoms. The molecule has 1 amide bonds. The van der Waals surface area contributed by atoms with Gasteiger partial charge in [0.05, 0.1) is 5.01 Å². The molecule has 1 aromatic heterocycles. The van der Waals surface area contributed by atoms with E-state index in [1.54, 1.807) is 30.5 Å². The van der Waals surface area contributed by atoms with Gasteiger partial charge in [0.2, 0.25) is 0 Å². The van der Waals surface area contributed by atoms with Crippen LogP contribution in [0, 0.1) is 13.8 Å². The fourth-order valence-electron chi connectivity index (χ4n) is 1.40. The van der Waals surface area contributed by atoms with Gasteiger partial charge in [-0.25, -0.2) is 4.98 Å². The summed E-state index contributed by atoms with van der Waals surface area (Å²) in [5, 5.41) is 14.7. The summed E-state index contributed by atoms with van der Waals surface area (Å²) < 4.78 is 0. The molecule has 0 fully saturated rings. The van der Waals surface area contributed by atoms with Gasteiger partial charge < -0.3 is 10.4 Å². The zero-order valence-corrected chi connectivity index (χ0v) is 10.3. The largest absolute Gasteiger partial charge is 0.508 e. The van der Waals surface area contributed by atoms with Crippen molar-refractivity contribution in [3.63, 3.8) is 0 Å². The number of hydrogen-bond donors (Lipinski definition) is 2. The molecule has 1 heterocycles. The Balaban J connectivity index is 2.15. The molecule has 0 unspecified atom stereocenters. The van der Waals surface area contributed by atoms with Gasteiger partial charge in [0.25, 0.3) is 5.91 Å². The molecule has 0 atom stereocenters. The number of carbonyl (C=O) groups is 1. The lowest BCUT2D eigenvalue weighted by Crippen LogP contribution is -2.12. The van der Waals surface area contributed by atoms with E-state index in [1.165, 1.54) is 11.3 Å². The summed E-state index contributed by atoms with van der Waals surface area (Å²) in [6.45, 7) is 3.63. The Morgan fingerprint density at radius 1 is 1.41 bits per heavy atom. The van der Waals surface area contributed by atoms with Crippen molar-refractivity contribution in [3.05, 3.63) is 39.8 Å². The first kappa shape index (κ1) is 11.6. The summed E-state index contributed by atoms with van der Waals surface area (Å²) in [7, 11) is 0. The number of phenolic OH excluding ortho intramolecular Hbond substituents is 1. The molecule has 4 nitrogen and oxygen atoms in total. The lowest BCUT2D eigenvalue weighted by Gasteiger charge is -2.05. The van der Waals surface area contributed by atoms with Crippen molar-refractivity contribution in [3.8, 4) is 5.75 Å². The summed E-state index contributed by atoms with van der Waals surface area (Å²) in [4.78, 5) is 15.9. The zero-order valence-electron chi connectivity index (χ0n) is 9.52. The van der Waals surface area contributed by atoms with E-state index in [1.807, 2.05) is 6.92 Å². The summed E-state index contributed by atoms with van der Waals surface area (Å²) in [6.07, 6.45) is 0. The Kier molecular flexibility index (Phi) is 3.10. The van der Waals surface area contributed by atoms with Crippen LogP contribution in [0.15, 0.2) is 23.6 Å². The Morgan fingerprint density at radius 2 is 2.18 bits per heavy atom. The molecule has 2 N–H and O–H groups in total. The lowest BCUT2D eigenvalue weighted by atomic mass is 10.2. The average Bonchev–Trinajstić information content (AvgIpc) is 2.70. The first-order valence-corrected chi connectivity index (χ1v) is 5.97. The van der Waals surface area contributed by atoms with Crippen LogP contribution in [-0.2, 0) is 0 Å². The second-order valence-corrected chi connectivity index (χ2v) is 4.77. The van der Waals surface area contributed by atoms with E-state index in [9.17, 15) is 9.90 Å². The molecule has 5 heteroatoms. The lowest BCUT2D eigenvalue weighted by molar-refractivity contribution is 0.102. The number of nitrogens with zero attached hydrogens (tertiary/aromatic N) is 1. The van der Waals surface area contributed by atoms with Crippen LogP contribution in [0.5, 0.6) is 5.75 Å². The molecule has 0 aliphatic rings. The fraction of sp³-hybridized carbons (Fsp3) is 0.167. The van der Waals surface area contributed by atoms with E-state index in [2.05, 4.69) is 10.3 Å². The van der Waals surface area contributed by atoms with Crippen LogP contribution in [0.2, 0.25) is 0 Å². The number of aryl methyl sites for hydroxylation is 2. The van der Waals surface area contributed by atoms with Gasteiger partial charge in [-0.05, 0) is 37.6 Å². The molecular weight excluding hydrogens is 236 g/mol. The van der Waals surface area contributed by atoms with E-state index < -0.39 is 0 Å². The van der Waals surface area contributed by atoms with Gasteiger partial charge in [-0.3, -0.25) is 4.79 Å². The maximum absolute atomic E-state index is 11.8. The molecule has 17 heavy (non-hydrogen) atoms. The Labute approximate surface area is 103 Å². The van der Waals surface area contributed by atoms with Gasteiger partial charge in [0.15, 0.2) is 0 Å². The summed E-state index contributed by atoms with van der Waals surface area (Å²) in [5.41, 5.74) is 1.78. The molecule has 0 saturated heterocycles. The van der Waals surface area contributed by atoms with E-state index >= 15 is 0 Å². The van der Waals surface area contributed by atoms with Crippen LogP contribution >= 0.6 is 11.3 Å². The summed E-state index contributed by atoms with van der Waals surface area (Å²) in [6, 6.07) is 4.92. The number of aromatic hydroxyl groups is 1. The number of rotatable bonds is 2. The highest BCUT2D eigenvalue weighted by Gasteiger charge is 2.09. The number of amides is 1. The van der Waals surface area contributed by atoms with Crippen molar-refractivity contribution in [2.75, 3.05) is 5.32 Å². The topological polar surface area (TPSA) is 62.2 Å². The maximum Gasteiger partial charge on any atom is 0.275 e. The number of thiazole rings is 1. The highest BCUT2D eigenvalue weighted by atomic mass is 32.1. The third-order valence-corrected chi connectivity index (χ3v) is 3.08. The van der Waals surface area contributed by atoms with E-state index in [0.717, 1.165) is 10.6 Å². The number of benzene rings is 1. The van der Waals surface area contributed by atoms with Crippen molar-refractivity contribution < 1.29 is 9.90 Å². The minimum Gasteiger partial charge on any atom is -0.508 e. The minimum absolute atomic E-state index is 0.215. The summed E-state index contributed by atoms with van der Waals surface area (Å²) in [5.74, 6) is -0.0214. The predicted octanol–water partition coefficient (Wildman–Crippen LogP) is 2.72. The molecule has 0 aliphatic heterocycles. The van der Waals surface area contributed by atoms with E-state index in [0.29, 0.717) is 11.4 Å². The smallest absolute Gasteiger partial charge is 0.275 e. The van der Waals surface area contributed by atoms with E-state index in [4.69, 9.17) is 0 Å². The van der Waals surface area contributed by atoms with Crippen LogP contribution in [-0.4, -0.2) is 16.0 Å². The van der Waals surface area contributed by atoms with Crippen molar-refractivity contribution in [2.24, 2.45) is 0 Å². The molecule has 2 rings (SSSR count). The minimum atomic E-state index is -0.237. The SMILES string of the molecule is Cc1nc(C(=O)Nc2ccc(O)c(C)c2)cs1. The molecule has 88 valence electrons. The van der Waals surface area contributed by atoms with Crippen molar-refractivity contribution in [1.29, 1.82) is 0 Å².